The molecule has 1 atom stereocenters. The molecular formula is C20H23NO. The van der Waals surface area contributed by atoms with Crippen LogP contribution in [0.3, 0.4) is 0 Å². The van der Waals surface area contributed by atoms with Crippen molar-refractivity contribution in [2.75, 3.05) is 13.6 Å². The van der Waals surface area contributed by atoms with E-state index in [-0.39, 0.29) is 0 Å². The van der Waals surface area contributed by atoms with Crippen LogP contribution in [0.15, 0.2) is 54.6 Å². The van der Waals surface area contributed by atoms with Crippen molar-refractivity contribution in [1.82, 2.24) is 4.90 Å². The second kappa shape index (κ2) is 8.26. The van der Waals surface area contributed by atoms with Gasteiger partial charge >= 0.3 is 0 Å². The monoisotopic (exact) mass is 293 g/mol. The van der Waals surface area contributed by atoms with Gasteiger partial charge in [-0.3, -0.25) is 4.90 Å². The maximum absolute atomic E-state index is 5.80. The molecule has 1 unspecified atom stereocenters. The number of rotatable bonds is 7. The van der Waals surface area contributed by atoms with Crippen molar-refractivity contribution in [1.29, 1.82) is 0 Å². The fourth-order valence-electron chi connectivity index (χ4n) is 2.26. The van der Waals surface area contributed by atoms with E-state index < -0.39 is 0 Å². The number of likely N-dealkylation sites (N-methyl/N-ethyl adjacent to an activating group) is 1. The summed E-state index contributed by atoms with van der Waals surface area (Å²) < 4.78 is 5.80. The molecule has 2 aromatic rings. The summed E-state index contributed by atoms with van der Waals surface area (Å²) in [6.45, 7) is 3.47. The average molecular weight is 293 g/mol. The maximum atomic E-state index is 5.80. The van der Waals surface area contributed by atoms with Gasteiger partial charge in [0.25, 0.3) is 0 Å². The van der Waals surface area contributed by atoms with Gasteiger partial charge in [-0.15, -0.1) is 6.42 Å². The van der Waals surface area contributed by atoms with Crippen LogP contribution in [0.2, 0.25) is 0 Å². The summed E-state index contributed by atoms with van der Waals surface area (Å²) in [5.41, 5.74) is 2.47. The Labute approximate surface area is 133 Å². The molecule has 0 saturated carbocycles. The number of hydrogen-bond acceptors (Lipinski definition) is 2. The Balaban J connectivity index is 1.86. The van der Waals surface area contributed by atoms with Gasteiger partial charge in [-0.25, -0.2) is 0 Å². The van der Waals surface area contributed by atoms with Gasteiger partial charge in [-0.05, 0) is 43.7 Å². The van der Waals surface area contributed by atoms with Crippen molar-refractivity contribution in [2.24, 2.45) is 0 Å². The molecule has 22 heavy (non-hydrogen) atoms. The highest BCUT2D eigenvalue weighted by Gasteiger charge is 2.08. The number of nitrogens with zero attached hydrogens (tertiary/aromatic N) is 1. The van der Waals surface area contributed by atoms with Crippen molar-refractivity contribution < 1.29 is 4.74 Å². The van der Waals surface area contributed by atoms with Gasteiger partial charge in [0.05, 0.1) is 6.54 Å². The average Bonchev–Trinajstić information content (AvgIpc) is 2.55. The lowest BCUT2D eigenvalue weighted by Gasteiger charge is -2.22. The van der Waals surface area contributed by atoms with Crippen molar-refractivity contribution in [3.8, 4) is 18.1 Å². The smallest absolute Gasteiger partial charge is 0.119 e. The molecule has 2 nitrogen and oxygen atoms in total. The van der Waals surface area contributed by atoms with Gasteiger partial charge in [0, 0.05) is 6.04 Å². The first-order valence-corrected chi connectivity index (χ1v) is 7.58. The highest BCUT2D eigenvalue weighted by Crippen LogP contribution is 2.16. The molecule has 114 valence electrons. The van der Waals surface area contributed by atoms with E-state index in [1.807, 2.05) is 30.3 Å². The molecule has 0 saturated heterocycles. The topological polar surface area (TPSA) is 12.5 Å². The normalized spacial score (nSPS) is 11.9. The van der Waals surface area contributed by atoms with Crippen molar-refractivity contribution in [3.05, 3.63) is 65.7 Å². The third-order valence-corrected chi connectivity index (χ3v) is 3.80. The van der Waals surface area contributed by atoms with Crippen molar-refractivity contribution in [2.45, 2.75) is 26.0 Å². The molecule has 0 radical (unpaired) electrons. The van der Waals surface area contributed by atoms with Crippen LogP contribution in [-0.4, -0.2) is 24.5 Å². The van der Waals surface area contributed by atoms with Crippen LogP contribution in [0.25, 0.3) is 0 Å². The first-order chi connectivity index (χ1) is 10.7. The summed E-state index contributed by atoms with van der Waals surface area (Å²) in [6.07, 6.45) is 6.34. The van der Waals surface area contributed by atoms with Gasteiger partial charge in [-0.2, -0.15) is 0 Å². The third kappa shape index (κ3) is 4.95. The van der Waals surface area contributed by atoms with Crippen LogP contribution in [-0.2, 0) is 13.0 Å². The minimum atomic E-state index is 0.423. The highest BCUT2D eigenvalue weighted by molar-refractivity contribution is 5.28. The van der Waals surface area contributed by atoms with Crippen LogP contribution < -0.4 is 4.74 Å². The molecule has 0 aliphatic carbocycles. The Morgan fingerprint density at radius 2 is 1.73 bits per heavy atom. The third-order valence-electron chi connectivity index (χ3n) is 3.80. The Kier molecular flexibility index (Phi) is 6.06. The number of benzene rings is 2. The van der Waals surface area contributed by atoms with Crippen LogP contribution in [0, 0.1) is 12.3 Å². The second-order valence-electron chi connectivity index (χ2n) is 5.59. The quantitative estimate of drug-likeness (QED) is 0.721. The molecule has 0 bridgehead atoms. The fraction of sp³-hybridized carbons (Fsp3) is 0.300. The number of terminal acetylenes is 1. The summed E-state index contributed by atoms with van der Waals surface area (Å²) in [4.78, 5) is 2.18. The minimum absolute atomic E-state index is 0.423. The first kappa shape index (κ1) is 16.1. The molecule has 0 aromatic heterocycles. The van der Waals surface area contributed by atoms with Gasteiger partial charge in [-0.1, -0.05) is 48.4 Å². The zero-order valence-corrected chi connectivity index (χ0v) is 13.3. The van der Waals surface area contributed by atoms with E-state index in [0.717, 1.165) is 12.2 Å². The Hall–Kier alpha value is -2.24. The van der Waals surface area contributed by atoms with Crippen LogP contribution in [0.4, 0.5) is 0 Å². The van der Waals surface area contributed by atoms with Gasteiger partial charge in [0.2, 0.25) is 0 Å². The summed E-state index contributed by atoms with van der Waals surface area (Å²) in [6, 6.07) is 18.9. The van der Waals surface area contributed by atoms with E-state index in [2.05, 4.69) is 49.1 Å². The molecule has 0 amide bonds. The molecule has 0 aliphatic heterocycles. The largest absolute Gasteiger partial charge is 0.489 e. The maximum Gasteiger partial charge on any atom is 0.119 e. The molecule has 2 rings (SSSR count). The van der Waals surface area contributed by atoms with E-state index in [0.29, 0.717) is 19.2 Å². The van der Waals surface area contributed by atoms with Crippen molar-refractivity contribution in [3.63, 3.8) is 0 Å². The minimum Gasteiger partial charge on any atom is -0.489 e. The molecule has 0 heterocycles. The van der Waals surface area contributed by atoms with Crippen LogP contribution in [0.1, 0.15) is 18.1 Å². The summed E-state index contributed by atoms with van der Waals surface area (Å²) in [7, 11) is 2.06. The fourth-order valence-corrected chi connectivity index (χ4v) is 2.26. The lowest BCUT2D eigenvalue weighted by atomic mass is 10.1. The second-order valence-corrected chi connectivity index (χ2v) is 5.59. The summed E-state index contributed by atoms with van der Waals surface area (Å²) >= 11 is 0. The highest BCUT2D eigenvalue weighted by atomic mass is 16.5. The van der Waals surface area contributed by atoms with Gasteiger partial charge in [0.1, 0.15) is 12.4 Å². The lowest BCUT2D eigenvalue weighted by molar-refractivity contribution is 0.286. The number of ether oxygens (including phenoxy) is 1. The molecule has 0 spiro atoms. The molecule has 0 fully saturated rings. The van der Waals surface area contributed by atoms with E-state index in [9.17, 15) is 0 Å². The Bertz CT molecular complexity index is 598. The predicted octanol–water partition coefficient (Wildman–Crippen LogP) is 3.76. The Morgan fingerprint density at radius 3 is 2.36 bits per heavy atom. The predicted molar refractivity (Wildman–Crippen MR) is 91.8 cm³/mol. The summed E-state index contributed by atoms with van der Waals surface area (Å²) in [5.74, 6) is 3.58. The zero-order valence-electron chi connectivity index (χ0n) is 13.3. The van der Waals surface area contributed by atoms with E-state index in [4.69, 9.17) is 11.2 Å². The van der Waals surface area contributed by atoms with Gasteiger partial charge < -0.3 is 4.74 Å². The molecular weight excluding hydrogens is 270 g/mol. The zero-order chi connectivity index (χ0) is 15.8. The SMILES string of the molecule is C#CCN(C)C(C)Cc1ccc(OCc2ccccc2)cc1. The summed E-state index contributed by atoms with van der Waals surface area (Å²) in [5, 5.41) is 0. The van der Waals surface area contributed by atoms with E-state index in [1.165, 1.54) is 11.1 Å². The molecule has 2 aromatic carbocycles. The standard InChI is InChI=1S/C20H23NO/c1-4-14-21(3)17(2)15-18-10-12-20(13-11-18)22-16-19-8-6-5-7-9-19/h1,5-13,17H,14-16H2,2-3H3. The van der Waals surface area contributed by atoms with Crippen LogP contribution in [0.5, 0.6) is 5.75 Å². The van der Waals surface area contributed by atoms with E-state index >= 15 is 0 Å². The Morgan fingerprint density at radius 1 is 1.05 bits per heavy atom. The number of hydrogen-bond donors (Lipinski definition) is 0. The van der Waals surface area contributed by atoms with Crippen LogP contribution >= 0.6 is 0 Å². The molecule has 0 aliphatic rings. The molecule has 0 N–H and O–H groups in total. The first-order valence-electron chi connectivity index (χ1n) is 7.58. The van der Waals surface area contributed by atoms with E-state index in [1.54, 1.807) is 0 Å². The van der Waals surface area contributed by atoms with Crippen molar-refractivity contribution >= 4 is 0 Å². The lowest BCUT2D eigenvalue weighted by Crippen LogP contribution is -2.31. The van der Waals surface area contributed by atoms with Gasteiger partial charge in [0.15, 0.2) is 0 Å². The molecule has 2 heteroatoms.